The maximum Gasteiger partial charge on any atom is 0.233 e. The van der Waals surface area contributed by atoms with E-state index in [0.29, 0.717) is 12.6 Å². The molecule has 3 rings (SSSR count). The molecule has 1 N–H and O–H groups in total. The molecule has 1 aliphatic rings. The first-order valence-corrected chi connectivity index (χ1v) is 11.0. The summed E-state index contributed by atoms with van der Waals surface area (Å²) < 4.78 is 7.74. The third-order valence-corrected chi connectivity index (χ3v) is 6.66. The summed E-state index contributed by atoms with van der Waals surface area (Å²) in [4.78, 5) is 17.5. The van der Waals surface area contributed by atoms with Crippen molar-refractivity contribution >= 4 is 17.7 Å². The fourth-order valence-electron chi connectivity index (χ4n) is 3.84. The predicted octanol–water partition coefficient (Wildman–Crippen LogP) is 4.81. The van der Waals surface area contributed by atoms with Crippen LogP contribution >= 0.6 is 11.8 Å². The first kappa shape index (κ1) is 20.8. The standard InChI is InChI=1S/C22H31N3O2S/c1-15-16(2)25(19-11-6-5-7-12-19)22(24-15)28-17(3)21(26)23-14-18-10-8-9-13-20(18)27-4/h8-10,13,17,19H,5-7,11-12,14H2,1-4H3,(H,23,26). The van der Waals surface area contributed by atoms with E-state index in [1.807, 2.05) is 31.2 Å². The van der Waals surface area contributed by atoms with Crippen molar-refractivity contribution in [2.45, 2.75) is 75.9 Å². The van der Waals surface area contributed by atoms with Crippen molar-refractivity contribution in [3.8, 4) is 5.75 Å². The molecule has 0 spiro atoms. The van der Waals surface area contributed by atoms with Gasteiger partial charge < -0.3 is 14.6 Å². The summed E-state index contributed by atoms with van der Waals surface area (Å²) in [6.07, 6.45) is 6.30. The first-order chi connectivity index (χ1) is 13.5. The molecule has 152 valence electrons. The van der Waals surface area contributed by atoms with Gasteiger partial charge in [0.25, 0.3) is 0 Å². The second-order valence-corrected chi connectivity index (χ2v) is 8.82. The summed E-state index contributed by atoms with van der Waals surface area (Å²) in [5.74, 6) is 0.812. The molecule has 1 aromatic carbocycles. The largest absolute Gasteiger partial charge is 0.496 e. The van der Waals surface area contributed by atoms with E-state index >= 15 is 0 Å². The number of benzene rings is 1. The lowest BCUT2D eigenvalue weighted by Gasteiger charge is -2.26. The summed E-state index contributed by atoms with van der Waals surface area (Å²) in [6.45, 7) is 6.62. The van der Waals surface area contributed by atoms with Crippen molar-refractivity contribution in [3.63, 3.8) is 0 Å². The molecule has 1 amide bonds. The van der Waals surface area contributed by atoms with Gasteiger partial charge in [-0.2, -0.15) is 0 Å². The number of carbonyl (C=O) groups is 1. The summed E-state index contributed by atoms with van der Waals surface area (Å²) >= 11 is 1.56. The Hall–Kier alpha value is -1.95. The molecule has 28 heavy (non-hydrogen) atoms. The number of para-hydroxylation sites is 1. The van der Waals surface area contributed by atoms with Crippen LogP contribution in [0.25, 0.3) is 0 Å². The molecule has 1 aromatic heterocycles. The number of thioether (sulfide) groups is 1. The molecule has 5 nitrogen and oxygen atoms in total. The maximum absolute atomic E-state index is 12.7. The van der Waals surface area contributed by atoms with Gasteiger partial charge in [-0.15, -0.1) is 0 Å². The Morgan fingerprint density at radius 3 is 2.71 bits per heavy atom. The third kappa shape index (κ3) is 4.72. The lowest BCUT2D eigenvalue weighted by molar-refractivity contribution is -0.120. The Labute approximate surface area is 172 Å². The summed E-state index contributed by atoms with van der Waals surface area (Å²) in [5, 5.41) is 3.80. The lowest BCUT2D eigenvalue weighted by Crippen LogP contribution is -2.31. The van der Waals surface area contributed by atoms with Gasteiger partial charge in [0.1, 0.15) is 5.75 Å². The molecular formula is C22H31N3O2S. The predicted molar refractivity (Wildman–Crippen MR) is 114 cm³/mol. The van der Waals surface area contributed by atoms with E-state index in [9.17, 15) is 4.79 Å². The molecule has 6 heteroatoms. The van der Waals surface area contributed by atoms with Gasteiger partial charge in [-0.05, 0) is 39.7 Å². The summed E-state index contributed by atoms with van der Waals surface area (Å²) in [6, 6.07) is 8.28. The smallest absolute Gasteiger partial charge is 0.233 e. The topological polar surface area (TPSA) is 56.1 Å². The van der Waals surface area contributed by atoms with E-state index in [1.165, 1.54) is 37.8 Å². The van der Waals surface area contributed by atoms with Crippen LogP contribution in [0.1, 0.15) is 62.0 Å². The number of nitrogens with zero attached hydrogens (tertiary/aromatic N) is 2. The molecule has 1 fully saturated rings. The zero-order valence-corrected chi connectivity index (χ0v) is 18.1. The molecule has 2 aromatic rings. The van der Waals surface area contributed by atoms with Crippen molar-refractivity contribution in [1.29, 1.82) is 0 Å². The van der Waals surface area contributed by atoms with Gasteiger partial charge in [0.05, 0.1) is 18.1 Å². The number of carbonyl (C=O) groups excluding carboxylic acids is 1. The average Bonchev–Trinajstić information content (AvgIpc) is 3.00. The number of aromatic nitrogens is 2. The van der Waals surface area contributed by atoms with Crippen LogP contribution in [-0.2, 0) is 11.3 Å². The van der Waals surface area contributed by atoms with E-state index in [4.69, 9.17) is 9.72 Å². The Morgan fingerprint density at radius 1 is 1.29 bits per heavy atom. The Morgan fingerprint density at radius 2 is 2.00 bits per heavy atom. The van der Waals surface area contributed by atoms with E-state index in [2.05, 4.69) is 23.7 Å². The van der Waals surface area contributed by atoms with Crippen LogP contribution in [0, 0.1) is 13.8 Å². The highest BCUT2D eigenvalue weighted by Crippen LogP contribution is 2.35. The number of imidazole rings is 1. The van der Waals surface area contributed by atoms with Crippen LogP contribution in [0.2, 0.25) is 0 Å². The second-order valence-electron chi connectivity index (χ2n) is 7.52. The molecule has 0 aliphatic heterocycles. The van der Waals surface area contributed by atoms with Crippen molar-refractivity contribution in [3.05, 3.63) is 41.2 Å². The van der Waals surface area contributed by atoms with Crippen LogP contribution in [0.3, 0.4) is 0 Å². The Balaban J connectivity index is 1.66. The van der Waals surface area contributed by atoms with E-state index in [-0.39, 0.29) is 11.2 Å². The zero-order valence-electron chi connectivity index (χ0n) is 17.3. The molecule has 1 atom stereocenters. The molecule has 0 saturated heterocycles. The highest BCUT2D eigenvalue weighted by molar-refractivity contribution is 8.00. The number of ether oxygens (including phenoxy) is 1. The van der Waals surface area contributed by atoms with Crippen LogP contribution in [0.4, 0.5) is 0 Å². The van der Waals surface area contributed by atoms with Gasteiger partial charge >= 0.3 is 0 Å². The van der Waals surface area contributed by atoms with Gasteiger partial charge in [-0.1, -0.05) is 49.2 Å². The second kappa shape index (κ2) is 9.50. The number of amides is 1. The minimum Gasteiger partial charge on any atom is -0.496 e. The summed E-state index contributed by atoms with van der Waals surface area (Å²) in [5.41, 5.74) is 3.27. The number of hydrogen-bond acceptors (Lipinski definition) is 4. The van der Waals surface area contributed by atoms with Crippen LogP contribution in [-0.4, -0.2) is 27.8 Å². The number of rotatable bonds is 7. The van der Waals surface area contributed by atoms with Crippen molar-refractivity contribution in [2.24, 2.45) is 0 Å². The Bertz CT molecular complexity index is 812. The fourth-order valence-corrected chi connectivity index (χ4v) is 4.93. The molecule has 1 unspecified atom stereocenters. The normalized spacial score (nSPS) is 16.0. The number of nitrogens with one attached hydrogen (secondary N) is 1. The quantitative estimate of drug-likeness (QED) is 0.677. The highest BCUT2D eigenvalue weighted by Gasteiger charge is 2.25. The highest BCUT2D eigenvalue weighted by atomic mass is 32.2. The maximum atomic E-state index is 12.7. The van der Waals surface area contributed by atoms with Crippen molar-refractivity contribution in [1.82, 2.24) is 14.9 Å². The van der Waals surface area contributed by atoms with Gasteiger partial charge in [-0.3, -0.25) is 4.79 Å². The third-order valence-electron chi connectivity index (χ3n) is 5.59. The SMILES string of the molecule is COc1ccccc1CNC(=O)C(C)Sc1nc(C)c(C)n1C1CCCCC1. The van der Waals surface area contributed by atoms with Crippen molar-refractivity contribution in [2.75, 3.05) is 7.11 Å². The lowest BCUT2D eigenvalue weighted by atomic mass is 9.95. The summed E-state index contributed by atoms with van der Waals surface area (Å²) in [7, 11) is 1.65. The molecule has 0 bridgehead atoms. The Kier molecular flexibility index (Phi) is 7.05. The minimum absolute atomic E-state index is 0.0180. The van der Waals surface area contributed by atoms with E-state index < -0.39 is 0 Å². The number of aryl methyl sites for hydroxylation is 1. The molecule has 0 radical (unpaired) electrons. The van der Waals surface area contributed by atoms with Gasteiger partial charge in [0.2, 0.25) is 5.91 Å². The zero-order chi connectivity index (χ0) is 20.1. The molecule has 1 aliphatic carbocycles. The fraction of sp³-hybridized carbons (Fsp3) is 0.545. The van der Waals surface area contributed by atoms with Crippen LogP contribution in [0.15, 0.2) is 29.4 Å². The van der Waals surface area contributed by atoms with Gasteiger partial charge in [0.15, 0.2) is 5.16 Å². The van der Waals surface area contributed by atoms with Gasteiger partial charge in [0, 0.05) is 23.8 Å². The van der Waals surface area contributed by atoms with Crippen molar-refractivity contribution < 1.29 is 9.53 Å². The molecule has 1 saturated carbocycles. The average molecular weight is 402 g/mol. The minimum atomic E-state index is -0.210. The van der Waals surface area contributed by atoms with Crippen LogP contribution in [0.5, 0.6) is 5.75 Å². The number of methoxy groups -OCH3 is 1. The van der Waals surface area contributed by atoms with Gasteiger partial charge in [-0.25, -0.2) is 4.98 Å². The molecule has 1 heterocycles. The van der Waals surface area contributed by atoms with E-state index in [0.717, 1.165) is 22.2 Å². The monoisotopic (exact) mass is 401 g/mol. The first-order valence-electron chi connectivity index (χ1n) is 10.1. The van der Waals surface area contributed by atoms with Crippen LogP contribution < -0.4 is 10.1 Å². The molecular weight excluding hydrogens is 370 g/mol. The number of hydrogen-bond donors (Lipinski definition) is 1. The van der Waals surface area contributed by atoms with E-state index in [1.54, 1.807) is 18.9 Å².